The van der Waals surface area contributed by atoms with Gasteiger partial charge in [-0.2, -0.15) is 40.5 Å². The van der Waals surface area contributed by atoms with Crippen LogP contribution in [0.25, 0.3) is 0 Å². The van der Waals surface area contributed by atoms with E-state index in [2.05, 4.69) is 47.0 Å². The summed E-state index contributed by atoms with van der Waals surface area (Å²) in [5, 5.41) is 24.7. The van der Waals surface area contributed by atoms with Gasteiger partial charge in [-0.25, -0.2) is 24.0 Å². The van der Waals surface area contributed by atoms with Gasteiger partial charge >= 0.3 is 36.2 Å². The largest absolute Gasteiger partial charge is 0.513 e. The van der Waals surface area contributed by atoms with Gasteiger partial charge in [0, 0.05) is 85.6 Å². The van der Waals surface area contributed by atoms with Crippen molar-refractivity contribution in [2.24, 2.45) is 41.2 Å². The second-order valence-electron chi connectivity index (χ2n) is 30.9. The molecule has 3 atom stereocenters. The van der Waals surface area contributed by atoms with E-state index in [1.165, 1.54) is 109 Å². The second kappa shape index (κ2) is 46.9. The van der Waals surface area contributed by atoms with Crippen molar-refractivity contribution >= 4 is 100 Å². The van der Waals surface area contributed by atoms with Crippen molar-refractivity contribution in [3.63, 3.8) is 0 Å². The molecule has 113 heavy (non-hydrogen) atoms. The van der Waals surface area contributed by atoms with Crippen LogP contribution in [0.1, 0.15) is 200 Å². The number of esters is 2. The van der Waals surface area contributed by atoms with Crippen LogP contribution in [0.4, 0.5) is 20.1 Å². The number of pyridine rings is 3. The lowest BCUT2D eigenvalue weighted by atomic mass is 9.86. The van der Waals surface area contributed by atoms with Gasteiger partial charge in [0.2, 0.25) is 17.7 Å². The van der Waals surface area contributed by atoms with Gasteiger partial charge < -0.3 is 64.6 Å². The number of ether oxygens (including phenoxy) is 6. The van der Waals surface area contributed by atoms with E-state index in [9.17, 15) is 58.4 Å². The number of aryl methyl sites for hydroxylation is 9. The van der Waals surface area contributed by atoms with Gasteiger partial charge in [0.1, 0.15) is 23.9 Å². The summed E-state index contributed by atoms with van der Waals surface area (Å²) in [5.74, 6) is 0.0167. The Kier molecular flexibility index (Phi) is 38.1. The predicted octanol–water partition coefficient (Wildman–Crippen LogP) is 10.8. The average Bonchev–Trinajstić information content (AvgIpc) is 0.833. The van der Waals surface area contributed by atoms with Crippen molar-refractivity contribution in [2.45, 2.75) is 225 Å². The molecule has 28 nitrogen and oxygen atoms in total. The maximum Gasteiger partial charge on any atom is 0.513 e. The van der Waals surface area contributed by atoms with Crippen LogP contribution in [-0.2, 0) is 110 Å². The van der Waals surface area contributed by atoms with Crippen LogP contribution in [0.5, 0.6) is 5.75 Å². The first-order valence-electron chi connectivity index (χ1n) is 40.2. The number of benzene rings is 1. The number of non-ortho nitro benzene ring substituents is 1. The summed E-state index contributed by atoms with van der Waals surface area (Å²) in [5.41, 5.74) is 17.1. The molecule has 1 aromatic carbocycles. The number of aromatic nitrogens is 3. The molecule has 9 aliphatic rings. The van der Waals surface area contributed by atoms with Crippen molar-refractivity contribution in [3.05, 3.63) is 122 Å². The van der Waals surface area contributed by atoms with E-state index in [-0.39, 0.29) is 102 Å². The van der Waals surface area contributed by atoms with Crippen molar-refractivity contribution in [1.82, 2.24) is 40.3 Å². The van der Waals surface area contributed by atoms with Crippen molar-refractivity contribution < 1.29 is 81.6 Å². The average molecular weight is 1630 g/mol. The van der Waals surface area contributed by atoms with Crippen molar-refractivity contribution in [1.29, 1.82) is 0 Å². The van der Waals surface area contributed by atoms with Crippen LogP contribution >= 0.6 is 40.5 Å². The Balaban J connectivity index is 0.000000212. The number of nitro groups is 1. The number of fused-ring (bicyclic) bond motifs is 3. The number of likely N-dealkylation sites (tertiary alicyclic amines) is 3. The number of nitrogens with zero attached hydrogens (tertiary/aromatic N) is 7. The number of alkyl carbamates (subject to hydrolysis) is 2. The van der Waals surface area contributed by atoms with E-state index in [0.29, 0.717) is 81.5 Å². The second-order valence-corrected chi connectivity index (χ2v) is 30.9. The summed E-state index contributed by atoms with van der Waals surface area (Å²) in [7, 11) is 0. The molecule has 6 heterocycles. The van der Waals surface area contributed by atoms with Gasteiger partial charge in [-0.05, 0) is 250 Å². The molecule has 6 fully saturated rings. The Morgan fingerprint density at radius 1 is 0.469 bits per heavy atom. The molecular weight excluding hydrogens is 1510 g/mol. The van der Waals surface area contributed by atoms with Crippen molar-refractivity contribution in [3.8, 4) is 5.75 Å². The Hall–Kier alpha value is -8.29. The number of carboxylic acid groups (broad SMARTS) is 1. The number of rotatable bonds is 30. The Bertz CT molecular complexity index is 3790. The summed E-state index contributed by atoms with van der Waals surface area (Å²) >= 11 is 0. The maximum atomic E-state index is 12.7. The summed E-state index contributed by atoms with van der Waals surface area (Å²) < 4.78 is 30.0. The number of carboxylic acids is 1. The number of amides is 5. The third kappa shape index (κ3) is 29.2. The summed E-state index contributed by atoms with van der Waals surface area (Å²) in [6, 6.07) is 15.2. The van der Waals surface area contributed by atoms with Crippen LogP contribution in [-0.4, -0.2) is 184 Å². The van der Waals surface area contributed by atoms with Crippen LogP contribution in [0, 0.1) is 45.6 Å². The zero-order valence-corrected chi connectivity index (χ0v) is 68.6. The molecule has 13 rings (SSSR count). The monoisotopic (exact) mass is 1630 g/mol. The van der Waals surface area contributed by atoms with Crippen LogP contribution in [0.2, 0.25) is 0 Å². The molecule has 0 spiro atoms. The quantitative estimate of drug-likeness (QED) is 0.0124. The summed E-state index contributed by atoms with van der Waals surface area (Å²) in [4.78, 5) is 138. The number of nitrogens with two attached hydrogens (primary N) is 1. The molecule has 3 saturated heterocycles. The highest BCUT2D eigenvalue weighted by molar-refractivity contribution is 7.59. The van der Waals surface area contributed by atoms with E-state index in [0.717, 1.165) is 153 Å². The first-order valence-corrected chi connectivity index (χ1v) is 40.2. The van der Waals surface area contributed by atoms with Crippen LogP contribution in [0.15, 0.2) is 60.7 Å². The molecule has 6 aliphatic carbocycles. The molecule has 31 heteroatoms. The molecule has 5 N–H and O–H groups in total. The Morgan fingerprint density at radius 2 is 0.823 bits per heavy atom. The van der Waals surface area contributed by atoms with Crippen molar-refractivity contribution in [2.75, 3.05) is 72.3 Å². The highest BCUT2D eigenvalue weighted by atomic mass is 32.1. The van der Waals surface area contributed by atoms with Crippen LogP contribution in [0.3, 0.4) is 0 Å². The number of hydrogen-bond donors (Lipinski definition) is 4. The fourth-order valence-electron chi connectivity index (χ4n) is 14.8. The predicted molar refractivity (Wildman–Crippen MR) is 435 cm³/mol. The molecule has 4 aromatic rings. The lowest BCUT2D eigenvalue weighted by Crippen LogP contribution is -2.53. The minimum atomic E-state index is -1.27. The van der Waals surface area contributed by atoms with E-state index in [1.54, 1.807) is 28.5 Å². The highest BCUT2D eigenvalue weighted by Crippen LogP contribution is 2.32. The molecule has 622 valence electrons. The molecule has 0 radical (unpaired) electrons. The van der Waals surface area contributed by atoms with Gasteiger partial charge in [-0.15, -0.1) is 0 Å². The molecule has 0 unspecified atom stereocenters. The lowest BCUT2D eigenvalue weighted by molar-refractivity contribution is -0.384. The fraction of sp³-hybridized carbons (Fsp3) is 0.634. The molecular formula is C82H118N10O18S3. The molecule has 3 aromatic heterocycles. The molecule has 3 aliphatic heterocycles. The zero-order chi connectivity index (χ0) is 77.9. The zero-order valence-electron chi connectivity index (χ0n) is 65.6. The highest BCUT2D eigenvalue weighted by Gasteiger charge is 2.38. The minimum absolute atomic E-state index is 0. The summed E-state index contributed by atoms with van der Waals surface area (Å²) in [6.07, 6.45) is 27.2. The van der Waals surface area contributed by atoms with Crippen LogP contribution < -0.4 is 21.1 Å². The SMILES string of the molecule is CCOC(=O)[C@@H](N)CC(=O)N1CC(CCc2ccc3c(n2)CCCC3)C1.CCOC(=O)[C@H](CC(=O)N1CC(CCc2ccc3c(n2)CCCC3)C1)NC(=O)OCC1CCC1.O=C(N[C@@H](CC(=O)N1CC(CCc2ccc3c(n2)CCCC3)C1)C(=O)O)OCC1CCC1.O=C(OCC1CCC1)Oc1ccc([N+](=O)[O-])cc1.S.S.S. The van der Waals surface area contributed by atoms with Gasteiger partial charge in [0.15, 0.2) is 0 Å². The maximum absolute atomic E-state index is 12.7. The standard InChI is InChI=1S/C26H37N3O5.C24H33N3O5.C20H29N3O3.C12H13NO5.3H2S/c1-2-33-25(31)23(28-26(32)34-17-18-6-5-7-18)14-24(30)29-15-19(16-29)10-12-21-13-11-20-8-3-4-9-22(20)27-21;28-22(12-21(23(29)30)26-24(31)32-15-16-4-3-5-16)27-13-17(14-27)8-10-19-11-9-18-6-1-2-7-20(18)25-19;1-2-26-20(25)17(21)11-19(24)23-12-14(13-23)7-9-16-10-8-15-5-3-4-6-18(15)22-16;14-12(17-8-9-2-1-3-9)18-11-6-4-10(5-7-11)13(15)16;;;/h11,13,18-19,23H,2-10,12,14-17H2,1H3,(H,28,32);9,11,16-17,21H,1-8,10,12-15H2,(H,26,31)(H,29,30);8,10,14,17H,2-7,9,11-13,21H2,1H3;4-7,9H,1-3,8H2;3*1H2/t23-;21-;17-;;;;/m000..../s1. The first kappa shape index (κ1) is 91.9. The third-order valence-corrected chi connectivity index (χ3v) is 22.5. The number of nitrogens with one attached hydrogen (secondary N) is 2. The number of nitro benzene ring substituents is 1. The first-order chi connectivity index (χ1) is 53.2. The van der Waals surface area contributed by atoms with E-state index >= 15 is 0 Å². The van der Waals surface area contributed by atoms with Gasteiger partial charge in [-0.1, -0.05) is 37.5 Å². The van der Waals surface area contributed by atoms with Gasteiger partial charge in [-0.3, -0.25) is 44.2 Å². The van der Waals surface area contributed by atoms with Gasteiger partial charge in [0.05, 0.1) is 57.2 Å². The normalized spacial score (nSPS) is 17.6. The van der Waals surface area contributed by atoms with E-state index in [4.69, 9.17) is 49.1 Å². The molecule has 5 amide bonds. The topological polar surface area (TPSA) is 371 Å². The number of aliphatic carboxylic acids is 1. The number of carbonyl (C=O) groups is 9. The third-order valence-electron chi connectivity index (χ3n) is 22.5. The fourth-order valence-corrected chi connectivity index (χ4v) is 14.8. The smallest absolute Gasteiger partial charge is 0.480 e. The number of hydrogen-bond acceptors (Lipinski definition) is 21. The van der Waals surface area contributed by atoms with E-state index in [1.807, 2.05) is 0 Å². The minimum Gasteiger partial charge on any atom is -0.480 e. The Labute approximate surface area is 683 Å². The van der Waals surface area contributed by atoms with Gasteiger partial charge in [0.25, 0.3) is 5.69 Å². The number of carbonyl (C=O) groups excluding carboxylic acids is 8. The Morgan fingerprint density at radius 3 is 1.19 bits per heavy atom. The molecule has 0 bridgehead atoms. The van der Waals surface area contributed by atoms with E-state index < -0.39 is 59.3 Å². The lowest BCUT2D eigenvalue weighted by Gasteiger charge is -2.40. The molecule has 3 saturated carbocycles. The summed E-state index contributed by atoms with van der Waals surface area (Å²) in [6.45, 7) is 9.02.